The molecule has 0 amide bonds. The summed E-state index contributed by atoms with van der Waals surface area (Å²) in [4.78, 5) is 53.6. The van der Waals surface area contributed by atoms with Crippen LogP contribution in [0.1, 0.15) is 85.2 Å². The van der Waals surface area contributed by atoms with Crippen molar-refractivity contribution < 1.29 is 39.6 Å². The Morgan fingerprint density at radius 1 is 0.488 bits per heavy atom. The number of fused-ring (bicyclic) bond motifs is 4. The van der Waals surface area contributed by atoms with Crippen LogP contribution in [0.3, 0.4) is 0 Å². The van der Waals surface area contributed by atoms with Crippen molar-refractivity contribution in [2.75, 3.05) is 0 Å². The average Bonchev–Trinajstić information content (AvgIpc) is 2.93. The number of aromatic hydroxyl groups is 4. The third-order valence-corrected chi connectivity index (χ3v) is 7.94. The fourth-order valence-corrected chi connectivity index (χ4v) is 6.19. The molecule has 0 spiro atoms. The van der Waals surface area contributed by atoms with Gasteiger partial charge in [0.25, 0.3) is 0 Å². The SMILES string of the molecule is O=C1c2c(O)cccc2C(C(=O)CCCC(=O)C2c3cccc(O)c3C(=O)c3c(O)cccc32)c2cccc(O)c21. The number of carbonyl (C=O) groups excluding carboxylic acids is 4. The Balaban J connectivity index is 1.29. The molecular formula is C33H24O8. The van der Waals surface area contributed by atoms with Crippen molar-refractivity contribution in [1.82, 2.24) is 0 Å². The number of hydrogen-bond acceptors (Lipinski definition) is 8. The molecule has 2 aliphatic carbocycles. The minimum absolute atomic E-state index is 0.0318. The van der Waals surface area contributed by atoms with Gasteiger partial charge < -0.3 is 20.4 Å². The fourth-order valence-electron chi connectivity index (χ4n) is 6.19. The second-order valence-electron chi connectivity index (χ2n) is 10.3. The molecule has 4 N–H and O–H groups in total. The predicted octanol–water partition coefficient (Wildman–Crippen LogP) is 4.87. The lowest BCUT2D eigenvalue weighted by molar-refractivity contribution is -0.121. The Bertz CT molecular complexity index is 1560. The Kier molecular flexibility index (Phi) is 6.18. The van der Waals surface area contributed by atoms with Gasteiger partial charge in [0.2, 0.25) is 11.6 Å². The van der Waals surface area contributed by atoms with Crippen molar-refractivity contribution >= 4 is 23.1 Å². The van der Waals surface area contributed by atoms with E-state index in [1.807, 2.05) is 0 Å². The highest BCUT2D eigenvalue weighted by atomic mass is 16.3. The molecule has 204 valence electrons. The van der Waals surface area contributed by atoms with Crippen molar-refractivity contribution in [3.63, 3.8) is 0 Å². The Hall–Kier alpha value is -5.24. The van der Waals surface area contributed by atoms with E-state index in [1.54, 1.807) is 48.5 Å². The van der Waals surface area contributed by atoms with Crippen LogP contribution in [0.15, 0.2) is 72.8 Å². The van der Waals surface area contributed by atoms with Crippen LogP contribution < -0.4 is 0 Å². The van der Waals surface area contributed by atoms with E-state index in [0.717, 1.165) is 0 Å². The van der Waals surface area contributed by atoms with Crippen LogP contribution in [0.4, 0.5) is 0 Å². The Morgan fingerprint density at radius 3 is 1.02 bits per heavy atom. The van der Waals surface area contributed by atoms with Gasteiger partial charge >= 0.3 is 0 Å². The second kappa shape index (κ2) is 9.75. The van der Waals surface area contributed by atoms with Crippen LogP contribution in [-0.4, -0.2) is 43.6 Å². The van der Waals surface area contributed by atoms with Gasteiger partial charge in [0.1, 0.15) is 34.6 Å². The maximum Gasteiger partial charge on any atom is 0.201 e. The Morgan fingerprint density at radius 2 is 0.756 bits per heavy atom. The first-order valence-corrected chi connectivity index (χ1v) is 13.1. The number of rotatable bonds is 6. The number of carbonyl (C=O) groups is 4. The highest BCUT2D eigenvalue weighted by molar-refractivity contribution is 6.19. The van der Waals surface area contributed by atoms with Gasteiger partial charge in [0, 0.05) is 12.8 Å². The number of ketones is 4. The minimum atomic E-state index is -0.922. The van der Waals surface area contributed by atoms with Crippen LogP contribution in [0.25, 0.3) is 0 Å². The van der Waals surface area contributed by atoms with Gasteiger partial charge in [-0.1, -0.05) is 48.5 Å². The van der Waals surface area contributed by atoms with Crippen molar-refractivity contribution in [3.05, 3.63) is 117 Å². The summed E-state index contributed by atoms with van der Waals surface area (Å²) in [5, 5.41) is 41.7. The van der Waals surface area contributed by atoms with Gasteiger partial charge in [0.15, 0.2) is 0 Å². The molecule has 0 bridgehead atoms. The monoisotopic (exact) mass is 548 g/mol. The van der Waals surface area contributed by atoms with E-state index in [0.29, 0.717) is 22.3 Å². The number of phenols is 4. The summed E-state index contributed by atoms with van der Waals surface area (Å²) in [6, 6.07) is 18.0. The summed E-state index contributed by atoms with van der Waals surface area (Å²) in [6.07, 6.45) is 0.0671. The predicted molar refractivity (Wildman–Crippen MR) is 147 cm³/mol. The third-order valence-electron chi connectivity index (χ3n) is 7.94. The summed E-state index contributed by atoms with van der Waals surface area (Å²) in [5.74, 6) is -4.71. The zero-order valence-corrected chi connectivity index (χ0v) is 21.6. The van der Waals surface area contributed by atoms with Gasteiger partial charge in [0.05, 0.1) is 34.1 Å². The van der Waals surface area contributed by atoms with E-state index in [9.17, 15) is 39.6 Å². The molecule has 0 heterocycles. The fraction of sp³-hybridized carbons (Fsp3) is 0.152. The molecule has 0 radical (unpaired) electrons. The van der Waals surface area contributed by atoms with E-state index < -0.39 is 23.4 Å². The molecule has 0 saturated heterocycles. The van der Waals surface area contributed by atoms with Crippen molar-refractivity contribution in [1.29, 1.82) is 0 Å². The molecule has 2 aliphatic rings. The number of hydrogen-bond donors (Lipinski definition) is 4. The topological polar surface area (TPSA) is 149 Å². The third kappa shape index (κ3) is 3.98. The molecule has 4 aromatic rings. The van der Waals surface area contributed by atoms with Gasteiger partial charge in [-0.05, 0) is 52.9 Å². The van der Waals surface area contributed by atoms with E-state index in [1.165, 1.54) is 24.3 Å². The maximum absolute atomic E-state index is 13.6. The lowest BCUT2D eigenvalue weighted by atomic mass is 9.73. The molecular weight excluding hydrogens is 524 g/mol. The van der Waals surface area contributed by atoms with E-state index in [4.69, 9.17) is 0 Å². The molecule has 0 atom stereocenters. The van der Waals surface area contributed by atoms with Crippen LogP contribution >= 0.6 is 0 Å². The van der Waals surface area contributed by atoms with E-state index in [2.05, 4.69) is 0 Å². The molecule has 0 unspecified atom stereocenters. The van der Waals surface area contributed by atoms with Gasteiger partial charge in [-0.2, -0.15) is 0 Å². The number of benzene rings is 4. The van der Waals surface area contributed by atoms with Crippen molar-refractivity contribution in [3.8, 4) is 23.0 Å². The van der Waals surface area contributed by atoms with Crippen molar-refractivity contribution in [2.24, 2.45) is 0 Å². The largest absolute Gasteiger partial charge is 0.507 e. The molecule has 0 aromatic heterocycles. The summed E-state index contributed by atoms with van der Waals surface area (Å²) < 4.78 is 0. The van der Waals surface area contributed by atoms with Crippen LogP contribution in [0.5, 0.6) is 23.0 Å². The lowest BCUT2D eigenvalue weighted by Gasteiger charge is -2.28. The first-order valence-electron chi connectivity index (χ1n) is 13.1. The van der Waals surface area contributed by atoms with E-state index in [-0.39, 0.29) is 76.1 Å². The van der Waals surface area contributed by atoms with Gasteiger partial charge in [-0.3, -0.25) is 19.2 Å². The number of Topliss-reactive ketones (excluding diaryl/α,β-unsaturated/α-hetero) is 2. The lowest BCUT2D eigenvalue weighted by Crippen LogP contribution is -2.26. The van der Waals surface area contributed by atoms with E-state index >= 15 is 0 Å². The molecule has 0 saturated carbocycles. The normalized spacial score (nSPS) is 14.1. The molecule has 4 aromatic carbocycles. The summed E-state index contributed by atoms with van der Waals surface area (Å²) in [5.41, 5.74) is 1.22. The smallest absolute Gasteiger partial charge is 0.201 e. The van der Waals surface area contributed by atoms with Crippen LogP contribution in [0.2, 0.25) is 0 Å². The van der Waals surface area contributed by atoms with Gasteiger partial charge in [-0.25, -0.2) is 0 Å². The molecule has 8 nitrogen and oxygen atoms in total. The van der Waals surface area contributed by atoms with Crippen molar-refractivity contribution in [2.45, 2.75) is 31.1 Å². The first-order chi connectivity index (χ1) is 19.7. The first kappa shape index (κ1) is 26.0. The molecule has 6 rings (SSSR count). The van der Waals surface area contributed by atoms with Crippen LogP contribution in [0, 0.1) is 0 Å². The quantitative estimate of drug-likeness (QED) is 0.267. The highest BCUT2D eigenvalue weighted by Gasteiger charge is 2.40. The summed E-state index contributed by atoms with van der Waals surface area (Å²) in [7, 11) is 0. The summed E-state index contributed by atoms with van der Waals surface area (Å²) >= 11 is 0. The maximum atomic E-state index is 13.6. The Labute approximate surface area is 234 Å². The molecule has 41 heavy (non-hydrogen) atoms. The number of phenolic OH excluding ortho intramolecular Hbond substituents is 4. The second-order valence-corrected chi connectivity index (χ2v) is 10.3. The molecule has 0 fully saturated rings. The zero-order valence-electron chi connectivity index (χ0n) is 21.6. The molecule has 0 aliphatic heterocycles. The average molecular weight is 549 g/mol. The van der Waals surface area contributed by atoms with Gasteiger partial charge in [-0.15, -0.1) is 0 Å². The summed E-state index contributed by atoms with van der Waals surface area (Å²) in [6.45, 7) is 0. The highest BCUT2D eigenvalue weighted by Crippen LogP contribution is 2.45. The molecule has 8 heteroatoms. The van der Waals surface area contributed by atoms with Crippen LogP contribution in [-0.2, 0) is 9.59 Å². The zero-order chi connectivity index (χ0) is 29.0. The standard InChI is InChI=1S/C33H24O8/c34-20(26-16-6-1-10-22(36)28(16)32(40)29-17(26)7-2-11-23(29)37)14-5-15-21(35)27-18-8-3-12-24(38)30(18)33(41)31-19(27)9-4-13-25(31)39/h1-4,6-13,26-27,36-39H,5,14-15H2. The minimum Gasteiger partial charge on any atom is -0.507 e.